The Morgan fingerprint density at radius 3 is 2.21 bits per heavy atom. The van der Waals surface area contributed by atoms with Crippen molar-refractivity contribution in [3.63, 3.8) is 0 Å². The van der Waals surface area contributed by atoms with Gasteiger partial charge in [0, 0.05) is 36.2 Å². The molecule has 0 aromatic heterocycles. The smallest absolute Gasteiger partial charge is 0.0994 e. The van der Waals surface area contributed by atoms with E-state index in [4.69, 9.17) is 34.8 Å². The van der Waals surface area contributed by atoms with Crippen LogP contribution in [0.5, 0.6) is 0 Å². The number of halogens is 3. The molecule has 0 unspecified atom stereocenters. The molecule has 1 N–H and O–H groups in total. The molecule has 33 heavy (non-hydrogen) atoms. The zero-order valence-corrected chi connectivity index (χ0v) is 20.4. The quantitative estimate of drug-likeness (QED) is 0.447. The third kappa shape index (κ3) is 5.46. The minimum Gasteiger partial charge on any atom is -0.384 e. The van der Waals surface area contributed by atoms with Gasteiger partial charge in [-0.15, -0.1) is 0 Å². The second kappa shape index (κ2) is 9.93. The van der Waals surface area contributed by atoms with Crippen LogP contribution in [0.25, 0.3) is 0 Å². The summed E-state index contributed by atoms with van der Waals surface area (Å²) in [7, 11) is 0. The molecule has 0 aliphatic carbocycles. The summed E-state index contributed by atoms with van der Waals surface area (Å²) in [5.74, 6) is 0. The molecule has 170 valence electrons. The summed E-state index contributed by atoms with van der Waals surface area (Å²) in [6.45, 7) is 4.48. The largest absolute Gasteiger partial charge is 0.384 e. The predicted octanol–water partition coefficient (Wildman–Crippen LogP) is 6.29. The van der Waals surface area contributed by atoms with Crippen LogP contribution >= 0.6 is 34.8 Å². The van der Waals surface area contributed by atoms with E-state index in [2.05, 4.69) is 15.9 Å². The highest BCUT2D eigenvalue weighted by Crippen LogP contribution is 2.37. The number of β-amino-alcohol motifs (C(OH)–C–C–N with tert-alkyl or cyclic N) is 1. The van der Waals surface area contributed by atoms with Gasteiger partial charge in [0.1, 0.15) is 0 Å². The molecule has 7 heteroatoms. The first kappa shape index (κ1) is 23.9. The maximum atomic E-state index is 11.2. The van der Waals surface area contributed by atoms with Crippen LogP contribution < -0.4 is 4.90 Å². The number of rotatable bonds is 5. The van der Waals surface area contributed by atoms with Crippen molar-refractivity contribution >= 4 is 40.5 Å². The fraction of sp³-hybridized carbons (Fsp3) is 0.269. The van der Waals surface area contributed by atoms with E-state index in [1.54, 1.807) is 24.3 Å². The van der Waals surface area contributed by atoms with Gasteiger partial charge in [0.2, 0.25) is 0 Å². The van der Waals surface area contributed by atoms with E-state index >= 15 is 0 Å². The lowest BCUT2D eigenvalue weighted by Crippen LogP contribution is -2.52. The Kier molecular flexibility index (Phi) is 7.19. The molecule has 4 rings (SSSR count). The van der Waals surface area contributed by atoms with Crippen LogP contribution in [-0.2, 0) is 5.60 Å². The molecule has 1 aliphatic heterocycles. The molecule has 0 radical (unpaired) electrons. The lowest BCUT2D eigenvalue weighted by molar-refractivity contribution is 0.0103. The van der Waals surface area contributed by atoms with E-state index in [-0.39, 0.29) is 6.04 Å². The molecule has 3 aromatic carbocycles. The molecule has 0 saturated carbocycles. The van der Waals surface area contributed by atoms with Crippen LogP contribution in [0.4, 0.5) is 5.69 Å². The van der Waals surface area contributed by atoms with Crippen LogP contribution in [0.15, 0.2) is 66.7 Å². The molecular formula is C26H24Cl3N3O. The van der Waals surface area contributed by atoms with E-state index in [0.717, 1.165) is 29.9 Å². The number of piperazine rings is 1. The van der Waals surface area contributed by atoms with Gasteiger partial charge < -0.3 is 10.0 Å². The Labute approximate surface area is 209 Å². The first-order valence-electron chi connectivity index (χ1n) is 10.7. The lowest BCUT2D eigenvalue weighted by Gasteiger charge is -2.45. The molecule has 4 nitrogen and oxygen atoms in total. The highest BCUT2D eigenvalue weighted by molar-refractivity contribution is 6.33. The first-order chi connectivity index (χ1) is 15.8. The second-order valence-electron chi connectivity index (χ2n) is 8.55. The van der Waals surface area contributed by atoms with Crippen molar-refractivity contribution < 1.29 is 5.11 Å². The summed E-state index contributed by atoms with van der Waals surface area (Å²) in [4.78, 5) is 4.53. The number of anilines is 1. The number of benzene rings is 3. The molecule has 0 amide bonds. The summed E-state index contributed by atoms with van der Waals surface area (Å²) in [6, 6.07) is 22.7. The molecule has 2 atom stereocenters. The molecule has 1 fully saturated rings. The van der Waals surface area contributed by atoms with Crippen molar-refractivity contribution in [2.45, 2.75) is 18.6 Å². The Morgan fingerprint density at radius 1 is 0.970 bits per heavy atom. The minimum atomic E-state index is -1.02. The number of hydrogen-bond acceptors (Lipinski definition) is 4. The molecule has 1 aliphatic rings. The standard InChI is InChI=1S/C26H24Cl3N3O/c1-26(33,20-5-9-22(28)10-6-20)17-31-12-13-32(24-11-2-18(15-30)14-23(24)29)25(16-31)19-3-7-21(27)8-4-19/h2-11,14,25,33H,12-13,16-17H2,1H3/t25-,26-/m0/s1. The van der Waals surface area contributed by atoms with Gasteiger partial charge in [0.25, 0.3) is 0 Å². The molecular weight excluding hydrogens is 477 g/mol. The van der Waals surface area contributed by atoms with Gasteiger partial charge in [-0.05, 0) is 60.5 Å². The number of nitriles is 1. The molecule has 1 saturated heterocycles. The fourth-order valence-corrected chi connectivity index (χ4v) is 4.93. The monoisotopic (exact) mass is 499 g/mol. The van der Waals surface area contributed by atoms with Gasteiger partial charge in [0.05, 0.1) is 34.0 Å². The Balaban J connectivity index is 1.62. The van der Waals surface area contributed by atoms with Crippen molar-refractivity contribution in [1.29, 1.82) is 5.26 Å². The zero-order valence-electron chi connectivity index (χ0n) is 18.2. The van der Waals surface area contributed by atoms with Gasteiger partial charge >= 0.3 is 0 Å². The Hall–Kier alpha value is -2.26. The molecule has 0 spiro atoms. The number of nitrogens with zero attached hydrogens (tertiary/aromatic N) is 3. The topological polar surface area (TPSA) is 50.5 Å². The summed E-state index contributed by atoms with van der Waals surface area (Å²) in [5.41, 5.74) is 2.33. The highest BCUT2D eigenvalue weighted by Gasteiger charge is 2.34. The minimum absolute atomic E-state index is 0.00229. The van der Waals surface area contributed by atoms with Crippen LogP contribution in [-0.4, -0.2) is 36.2 Å². The van der Waals surface area contributed by atoms with Crippen LogP contribution in [0, 0.1) is 11.3 Å². The van der Waals surface area contributed by atoms with E-state index in [1.165, 1.54) is 0 Å². The number of hydrogen-bond donors (Lipinski definition) is 1. The Bertz CT molecular complexity index is 1160. The average molecular weight is 501 g/mol. The van der Waals surface area contributed by atoms with Crippen molar-refractivity contribution in [1.82, 2.24) is 4.90 Å². The lowest BCUT2D eigenvalue weighted by atomic mass is 9.94. The van der Waals surface area contributed by atoms with E-state index in [9.17, 15) is 10.4 Å². The van der Waals surface area contributed by atoms with Gasteiger partial charge in [-0.2, -0.15) is 5.26 Å². The van der Waals surface area contributed by atoms with Crippen LogP contribution in [0.3, 0.4) is 0 Å². The van der Waals surface area contributed by atoms with Crippen LogP contribution in [0.2, 0.25) is 15.1 Å². The second-order valence-corrected chi connectivity index (χ2v) is 9.83. The summed E-state index contributed by atoms with van der Waals surface area (Å²) in [5, 5.41) is 22.3. The normalized spacial score (nSPS) is 18.5. The van der Waals surface area contributed by atoms with Crippen molar-refractivity contribution in [2.24, 2.45) is 0 Å². The van der Waals surface area contributed by atoms with Gasteiger partial charge in [-0.3, -0.25) is 4.90 Å². The van der Waals surface area contributed by atoms with Crippen molar-refractivity contribution in [2.75, 3.05) is 31.1 Å². The predicted molar refractivity (Wildman–Crippen MR) is 135 cm³/mol. The third-order valence-corrected chi connectivity index (χ3v) is 6.91. The number of aliphatic hydroxyl groups is 1. The van der Waals surface area contributed by atoms with Gasteiger partial charge in [0.15, 0.2) is 0 Å². The van der Waals surface area contributed by atoms with Crippen LogP contribution in [0.1, 0.15) is 29.7 Å². The van der Waals surface area contributed by atoms with E-state index in [1.807, 2.05) is 49.4 Å². The maximum Gasteiger partial charge on any atom is 0.0994 e. The average Bonchev–Trinajstić information content (AvgIpc) is 2.80. The van der Waals surface area contributed by atoms with Gasteiger partial charge in [-0.25, -0.2) is 0 Å². The first-order valence-corrected chi connectivity index (χ1v) is 11.8. The SMILES string of the molecule is C[C@](O)(CN1CCN(c2ccc(C#N)cc2Cl)[C@H](c2ccc(Cl)cc2)C1)c1ccc(Cl)cc1. The Morgan fingerprint density at radius 2 is 1.61 bits per heavy atom. The zero-order chi connectivity index (χ0) is 23.6. The maximum absolute atomic E-state index is 11.2. The summed E-state index contributed by atoms with van der Waals surface area (Å²) >= 11 is 18.7. The molecule has 1 heterocycles. The van der Waals surface area contributed by atoms with Crippen molar-refractivity contribution in [3.05, 3.63) is 98.5 Å². The highest BCUT2D eigenvalue weighted by atomic mass is 35.5. The van der Waals surface area contributed by atoms with E-state index in [0.29, 0.717) is 33.7 Å². The molecule has 3 aromatic rings. The third-order valence-electron chi connectivity index (χ3n) is 6.10. The van der Waals surface area contributed by atoms with Crippen molar-refractivity contribution in [3.8, 4) is 6.07 Å². The van der Waals surface area contributed by atoms with E-state index < -0.39 is 5.60 Å². The molecule has 0 bridgehead atoms. The van der Waals surface area contributed by atoms with Gasteiger partial charge in [-0.1, -0.05) is 59.1 Å². The fourth-order valence-electron chi connectivity index (χ4n) is 4.39. The summed E-state index contributed by atoms with van der Waals surface area (Å²) in [6.07, 6.45) is 0. The summed E-state index contributed by atoms with van der Waals surface area (Å²) < 4.78 is 0.